The third-order valence-corrected chi connectivity index (χ3v) is 4.33. The molecule has 4 rings (SSSR count). The van der Waals surface area contributed by atoms with E-state index < -0.39 is 10.5 Å². The largest absolute Gasteiger partial charge is 0.332 e. The molecule has 0 unspecified atom stereocenters. The first kappa shape index (κ1) is 16.3. The number of H-pyrrole nitrogens is 1. The number of nitrogens with one attached hydrogen (secondary N) is 1. The fourth-order valence-corrected chi connectivity index (χ4v) is 3.03. The maximum absolute atomic E-state index is 10.9. The normalized spacial score (nSPS) is 16.2. The zero-order chi connectivity index (χ0) is 16.0. The molecule has 126 valence electrons. The van der Waals surface area contributed by atoms with Crippen LogP contribution in [0.5, 0.6) is 0 Å². The fourth-order valence-electron chi connectivity index (χ4n) is 3.03. The molecule has 0 bridgehead atoms. The van der Waals surface area contributed by atoms with Gasteiger partial charge in [0.15, 0.2) is 11.5 Å². The van der Waals surface area contributed by atoms with E-state index in [1.807, 2.05) is 0 Å². The molecule has 3 N–H and O–H groups in total. The number of hydrogen-bond donors (Lipinski definition) is 2. The van der Waals surface area contributed by atoms with E-state index in [0.717, 1.165) is 25.7 Å². The SMILES string of the molecule is Cl.NC1(c2noc(-c3n[nH]c4ccc([N+](=O)[O-])cc34)n2)CCCC1. The molecule has 0 spiro atoms. The van der Waals surface area contributed by atoms with E-state index in [-0.39, 0.29) is 24.0 Å². The monoisotopic (exact) mass is 350 g/mol. The van der Waals surface area contributed by atoms with Crippen LogP contribution in [0.2, 0.25) is 0 Å². The van der Waals surface area contributed by atoms with Crippen LogP contribution >= 0.6 is 12.4 Å². The second kappa shape index (κ2) is 5.84. The van der Waals surface area contributed by atoms with Gasteiger partial charge in [-0.3, -0.25) is 15.2 Å². The highest BCUT2D eigenvalue weighted by atomic mass is 35.5. The minimum absolute atomic E-state index is 0. The molecular weight excluding hydrogens is 336 g/mol. The average Bonchev–Trinajstić information content (AvgIpc) is 3.25. The number of non-ortho nitro benzene ring substituents is 1. The molecule has 24 heavy (non-hydrogen) atoms. The zero-order valence-corrected chi connectivity index (χ0v) is 13.4. The third-order valence-electron chi connectivity index (χ3n) is 4.33. The van der Waals surface area contributed by atoms with Crippen molar-refractivity contribution >= 4 is 29.0 Å². The van der Waals surface area contributed by atoms with Gasteiger partial charge in [0.25, 0.3) is 11.6 Å². The smallest absolute Gasteiger partial charge is 0.279 e. The summed E-state index contributed by atoms with van der Waals surface area (Å²) in [5, 5.41) is 22.4. The molecule has 0 atom stereocenters. The molecular formula is C14H15ClN6O3. The van der Waals surface area contributed by atoms with Crippen LogP contribution in [-0.4, -0.2) is 25.3 Å². The summed E-state index contributed by atoms with van der Waals surface area (Å²) in [6.07, 6.45) is 3.72. The van der Waals surface area contributed by atoms with Crippen molar-refractivity contribution in [1.82, 2.24) is 20.3 Å². The van der Waals surface area contributed by atoms with Crippen LogP contribution < -0.4 is 5.73 Å². The minimum Gasteiger partial charge on any atom is -0.332 e. The average molecular weight is 351 g/mol. The summed E-state index contributed by atoms with van der Waals surface area (Å²) < 4.78 is 5.30. The van der Waals surface area contributed by atoms with Crippen molar-refractivity contribution in [3.63, 3.8) is 0 Å². The first-order chi connectivity index (χ1) is 11.1. The predicted molar refractivity (Wildman–Crippen MR) is 87.6 cm³/mol. The van der Waals surface area contributed by atoms with Crippen molar-refractivity contribution < 1.29 is 9.45 Å². The third kappa shape index (κ3) is 2.51. The molecule has 0 amide bonds. The lowest BCUT2D eigenvalue weighted by molar-refractivity contribution is -0.384. The number of benzene rings is 1. The summed E-state index contributed by atoms with van der Waals surface area (Å²) in [6, 6.07) is 4.45. The van der Waals surface area contributed by atoms with E-state index in [1.54, 1.807) is 6.07 Å². The predicted octanol–water partition coefficient (Wildman–Crippen LogP) is 2.67. The highest BCUT2D eigenvalue weighted by molar-refractivity contribution is 5.92. The summed E-state index contributed by atoms with van der Waals surface area (Å²) in [4.78, 5) is 14.9. The quantitative estimate of drug-likeness (QED) is 0.547. The van der Waals surface area contributed by atoms with Crippen molar-refractivity contribution in [3.8, 4) is 11.6 Å². The molecule has 1 fully saturated rings. The molecule has 2 aromatic heterocycles. The van der Waals surface area contributed by atoms with Crippen LogP contribution in [0.3, 0.4) is 0 Å². The Bertz CT molecular complexity index is 899. The lowest BCUT2D eigenvalue weighted by Crippen LogP contribution is -2.34. The molecule has 2 heterocycles. The Balaban J connectivity index is 0.00000169. The van der Waals surface area contributed by atoms with Gasteiger partial charge in [-0.05, 0) is 18.9 Å². The highest BCUT2D eigenvalue weighted by Crippen LogP contribution is 2.36. The summed E-state index contributed by atoms with van der Waals surface area (Å²) in [5.74, 6) is 0.676. The lowest BCUT2D eigenvalue weighted by Gasteiger charge is -2.17. The molecule has 0 aliphatic heterocycles. The Morgan fingerprint density at radius 2 is 2.08 bits per heavy atom. The standard InChI is InChI=1S/C14H14N6O3.ClH/c15-14(5-1-2-6-14)13-16-12(23-19-13)11-9-7-8(20(21)22)3-4-10(9)17-18-11;/h3-4,7H,1-2,5-6,15H2,(H,17,18);1H. The number of fused-ring (bicyclic) bond motifs is 1. The van der Waals surface area contributed by atoms with E-state index in [2.05, 4.69) is 20.3 Å². The van der Waals surface area contributed by atoms with Crippen LogP contribution in [0.1, 0.15) is 31.5 Å². The van der Waals surface area contributed by atoms with Crippen molar-refractivity contribution in [3.05, 3.63) is 34.1 Å². The number of nitro benzene ring substituents is 1. The van der Waals surface area contributed by atoms with E-state index in [0.29, 0.717) is 22.4 Å². The molecule has 0 radical (unpaired) electrons. The molecule has 10 heteroatoms. The van der Waals surface area contributed by atoms with Crippen molar-refractivity contribution in [1.29, 1.82) is 0 Å². The van der Waals surface area contributed by atoms with Crippen LogP contribution in [0.4, 0.5) is 5.69 Å². The van der Waals surface area contributed by atoms with Crippen LogP contribution in [0.15, 0.2) is 22.7 Å². The Kier molecular flexibility index (Phi) is 3.98. The molecule has 9 nitrogen and oxygen atoms in total. The second-order valence-electron chi connectivity index (χ2n) is 5.85. The topological polar surface area (TPSA) is 137 Å². The molecule has 3 aromatic rings. The summed E-state index contributed by atoms with van der Waals surface area (Å²) in [5.41, 5.74) is 6.80. The molecule has 1 aromatic carbocycles. The molecule has 1 aliphatic rings. The fraction of sp³-hybridized carbons (Fsp3) is 0.357. The van der Waals surface area contributed by atoms with Gasteiger partial charge in [0.1, 0.15) is 0 Å². The number of aromatic amines is 1. The van der Waals surface area contributed by atoms with Gasteiger partial charge in [0.05, 0.1) is 16.0 Å². The van der Waals surface area contributed by atoms with Gasteiger partial charge in [-0.25, -0.2) is 0 Å². The van der Waals surface area contributed by atoms with E-state index in [9.17, 15) is 10.1 Å². The number of rotatable bonds is 3. The Morgan fingerprint density at radius 3 is 2.79 bits per heavy atom. The van der Waals surface area contributed by atoms with Gasteiger partial charge >= 0.3 is 0 Å². The van der Waals surface area contributed by atoms with Crippen molar-refractivity contribution in [2.45, 2.75) is 31.2 Å². The first-order valence-electron chi connectivity index (χ1n) is 7.33. The second-order valence-corrected chi connectivity index (χ2v) is 5.85. The van der Waals surface area contributed by atoms with Gasteiger partial charge in [0, 0.05) is 17.5 Å². The van der Waals surface area contributed by atoms with E-state index in [4.69, 9.17) is 10.3 Å². The number of halogens is 1. The highest BCUT2D eigenvalue weighted by Gasteiger charge is 2.36. The zero-order valence-electron chi connectivity index (χ0n) is 12.6. The summed E-state index contributed by atoms with van der Waals surface area (Å²) in [7, 11) is 0. The lowest BCUT2D eigenvalue weighted by atomic mass is 9.99. The Hall–Kier alpha value is -2.52. The van der Waals surface area contributed by atoms with Crippen molar-refractivity contribution in [2.75, 3.05) is 0 Å². The number of hydrogen-bond acceptors (Lipinski definition) is 7. The number of nitro groups is 1. The molecule has 0 saturated heterocycles. The van der Waals surface area contributed by atoms with Crippen LogP contribution in [-0.2, 0) is 5.54 Å². The van der Waals surface area contributed by atoms with Gasteiger partial charge in [-0.15, -0.1) is 12.4 Å². The van der Waals surface area contributed by atoms with Gasteiger partial charge in [-0.2, -0.15) is 10.1 Å². The minimum atomic E-state index is -0.556. The number of nitrogens with zero attached hydrogens (tertiary/aromatic N) is 4. The van der Waals surface area contributed by atoms with E-state index in [1.165, 1.54) is 12.1 Å². The van der Waals surface area contributed by atoms with Crippen molar-refractivity contribution in [2.24, 2.45) is 5.73 Å². The van der Waals surface area contributed by atoms with Gasteiger partial charge in [-0.1, -0.05) is 18.0 Å². The summed E-state index contributed by atoms with van der Waals surface area (Å²) in [6.45, 7) is 0. The molecule has 1 saturated carbocycles. The maximum Gasteiger partial charge on any atom is 0.279 e. The van der Waals surface area contributed by atoms with Gasteiger partial charge < -0.3 is 10.3 Å². The Labute approximate surface area is 142 Å². The first-order valence-corrected chi connectivity index (χ1v) is 7.33. The van der Waals surface area contributed by atoms with Crippen LogP contribution in [0, 0.1) is 10.1 Å². The number of aromatic nitrogens is 4. The number of nitrogens with two attached hydrogens (primary N) is 1. The maximum atomic E-state index is 10.9. The summed E-state index contributed by atoms with van der Waals surface area (Å²) >= 11 is 0. The molecule has 1 aliphatic carbocycles. The Morgan fingerprint density at radius 1 is 1.33 bits per heavy atom. The van der Waals surface area contributed by atoms with E-state index >= 15 is 0 Å². The van der Waals surface area contributed by atoms with Gasteiger partial charge in [0.2, 0.25) is 0 Å². The van der Waals surface area contributed by atoms with Crippen LogP contribution in [0.25, 0.3) is 22.5 Å².